The molecule has 2 aromatic rings. The minimum absolute atomic E-state index is 0.462. The number of aromatic nitrogens is 2. The van der Waals surface area contributed by atoms with Crippen LogP contribution < -0.4 is 9.64 Å². The quantitative estimate of drug-likeness (QED) is 0.918. The molecular formula is C17H23N3O2. The zero-order valence-corrected chi connectivity index (χ0v) is 13.2. The molecule has 1 N–H and O–H groups in total. The molecule has 2 heterocycles. The van der Waals surface area contributed by atoms with E-state index in [1.807, 2.05) is 18.3 Å². The molecule has 0 aliphatic carbocycles. The zero-order valence-electron chi connectivity index (χ0n) is 13.2. The van der Waals surface area contributed by atoms with Gasteiger partial charge in [0.15, 0.2) is 0 Å². The summed E-state index contributed by atoms with van der Waals surface area (Å²) in [6, 6.07) is 6.00. The number of aliphatic hydroxyl groups is 1. The van der Waals surface area contributed by atoms with Gasteiger partial charge in [-0.2, -0.15) is 5.10 Å². The maximum absolute atomic E-state index is 10.4. The van der Waals surface area contributed by atoms with Crippen molar-refractivity contribution < 1.29 is 9.84 Å². The first-order chi connectivity index (χ1) is 10.7. The Bertz CT molecular complexity index is 625. The van der Waals surface area contributed by atoms with Crippen LogP contribution in [0.5, 0.6) is 5.75 Å². The van der Waals surface area contributed by atoms with Crippen molar-refractivity contribution in [2.45, 2.75) is 32.4 Å². The number of hydrogen-bond acceptors (Lipinski definition) is 4. The van der Waals surface area contributed by atoms with Gasteiger partial charge >= 0.3 is 0 Å². The predicted molar refractivity (Wildman–Crippen MR) is 86.5 cm³/mol. The Morgan fingerprint density at radius 3 is 2.95 bits per heavy atom. The van der Waals surface area contributed by atoms with Crippen LogP contribution in [0.1, 0.15) is 17.5 Å². The molecule has 118 valence electrons. The highest BCUT2D eigenvalue weighted by Gasteiger charge is 2.24. The molecule has 0 radical (unpaired) electrons. The Kier molecular flexibility index (Phi) is 4.34. The minimum Gasteiger partial charge on any atom is -0.495 e. The molecule has 1 atom stereocenters. The molecule has 0 fully saturated rings. The summed E-state index contributed by atoms with van der Waals surface area (Å²) in [6.07, 6.45) is 5.32. The normalized spacial score (nSPS) is 15.5. The van der Waals surface area contributed by atoms with Crippen LogP contribution in [0.25, 0.3) is 0 Å². The Labute approximate surface area is 131 Å². The van der Waals surface area contributed by atoms with Gasteiger partial charge < -0.3 is 14.7 Å². The van der Waals surface area contributed by atoms with Crippen molar-refractivity contribution in [1.29, 1.82) is 0 Å². The van der Waals surface area contributed by atoms with Gasteiger partial charge in [-0.1, -0.05) is 6.07 Å². The largest absolute Gasteiger partial charge is 0.495 e. The summed E-state index contributed by atoms with van der Waals surface area (Å²) < 4.78 is 7.31. The Balaban J connectivity index is 1.80. The van der Waals surface area contributed by atoms with E-state index >= 15 is 0 Å². The van der Waals surface area contributed by atoms with Gasteiger partial charge in [0.2, 0.25) is 0 Å². The molecule has 0 spiro atoms. The molecule has 22 heavy (non-hydrogen) atoms. The third-order valence-electron chi connectivity index (χ3n) is 4.26. The molecule has 1 aromatic heterocycles. The number of aryl methyl sites for hydroxylation is 1. The van der Waals surface area contributed by atoms with Crippen molar-refractivity contribution >= 4 is 5.69 Å². The van der Waals surface area contributed by atoms with E-state index < -0.39 is 6.10 Å². The van der Waals surface area contributed by atoms with Gasteiger partial charge in [-0.25, -0.2) is 0 Å². The van der Waals surface area contributed by atoms with Gasteiger partial charge in [-0.3, -0.25) is 4.68 Å². The second-order valence-electron chi connectivity index (χ2n) is 5.84. The summed E-state index contributed by atoms with van der Waals surface area (Å²) >= 11 is 0. The summed E-state index contributed by atoms with van der Waals surface area (Å²) in [6.45, 7) is 4.19. The van der Waals surface area contributed by atoms with E-state index in [0.29, 0.717) is 13.1 Å². The van der Waals surface area contributed by atoms with Crippen LogP contribution in [0.2, 0.25) is 0 Å². The monoisotopic (exact) mass is 301 g/mol. The van der Waals surface area contributed by atoms with Crippen molar-refractivity contribution in [1.82, 2.24) is 9.78 Å². The minimum atomic E-state index is -0.462. The lowest BCUT2D eigenvalue weighted by Crippen LogP contribution is -2.38. The van der Waals surface area contributed by atoms with Gasteiger partial charge in [0, 0.05) is 25.5 Å². The van der Waals surface area contributed by atoms with Gasteiger partial charge in [0.05, 0.1) is 25.4 Å². The van der Waals surface area contributed by atoms with Gasteiger partial charge in [-0.15, -0.1) is 0 Å². The molecule has 0 unspecified atom stereocenters. The van der Waals surface area contributed by atoms with Crippen LogP contribution in [-0.2, 0) is 13.0 Å². The summed E-state index contributed by atoms with van der Waals surface area (Å²) in [5, 5.41) is 14.5. The average molecular weight is 301 g/mol. The lowest BCUT2D eigenvalue weighted by atomic mass is 9.96. The molecular weight excluding hydrogens is 278 g/mol. The van der Waals surface area contributed by atoms with Gasteiger partial charge in [0.25, 0.3) is 0 Å². The first-order valence-corrected chi connectivity index (χ1v) is 7.76. The number of hydrogen-bond donors (Lipinski definition) is 1. The molecule has 0 saturated heterocycles. The van der Waals surface area contributed by atoms with Crippen molar-refractivity contribution in [3.8, 4) is 5.75 Å². The number of β-amino-alcohol motifs (C(OH)–C–C–N with tert-alkyl or cyclic N) is 1. The topological polar surface area (TPSA) is 50.5 Å². The molecule has 5 heteroatoms. The summed E-state index contributed by atoms with van der Waals surface area (Å²) in [5.74, 6) is 0.895. The lowest BCUT2D eigenvalue weighted by Gasteiger charge is -2.34. The highest BCUT2D eigenvalue weighted by atomic mass is 16.5. The van der Waals surface area contributed by atoms with E-state index in [0.717, 1.165) is 30.8 Å². The van der Waals surface area contributed by atoms with E-state index in [1.165, 1.54) is 11.1 Å². The third-order valence-corrected chi connectivity index (χ3v) is 4.26. The van der Waals surface area contributed by atoms with Crippen LogP contribution in [0.4, 0.5) is 5.69 Å². The molecule has 0 bridgehead atoms. The van der Waals surface area contributed by atoms with E-state index in [1.54, 1.807) is 18.0 Å². The highest BCUT2D eigenvalue weighted by Crippen LogP contribution is 2.38. The maximum atomic E-state index is 10.4. The third kappa shape index (κ3) is 2.95. The fourth-order valence-electron chi connectivity index (χ4n) is 3.22. The number of methoxy groups -OCH3 is 1. The second-order valence-corrected chi connectivity index (χ2v) is 5.84. The van der Waals surface area contributed by atoms with E-state index in [4.69, 9.17) is 4.74 Å². The number of ether oxygens (including phenoxy) is 1. The number of nitrogens with zero attached hydrogens (tertiary/aromatic N) is 3. The smallest absolute Gasteiger partial charge is 0.142 e. The zero-order chi connectivity index (χ0) is 15.5. The van der Waals surface area contributed by atoms with Crippen LogP contribution >= 0.6 is 0 Å². The Morgan fingerprint density at radius 1 is 1.36 bits per heavy atom. The van der Waals surface area contributed by atoms with Crippen LogP contribution in [0, 0.1) is 6.92 Å². The maximum Gasteiger partial charge on any atom is 0.142 e. The Morgan fingerprint density at radius 2 is 2.23 bits per heavy atom. The average Bonchev–Trinajstić information content (AvgIpc) is 3.01. The molecule has 5 nitrogen and oxygen atoms in total. The summed E-state index contributed by atoms with van der Waals surface area (Å²) in [5.41, 5.74) is 3.78. The first kappa shape index (κ1) is 14.9. The standard InChI is InChI=1S/C17H23N3O2/c1-13-6-7-16(22-2)17-15(13)5-3-9-19(17)11-14(21)12-20-10-4-8-18-20/h4,6-8,10,14,21H,3,5,9,11-12H2,1-2H3/t14-/m0/s1. The first-order valence-electron chi connectivity index (χ1n) is 7.76. The van der Waals surface area contributed by atoms with Crippen LogP contribution in [0.15, 0.2) is 30.6 Å². The summed E-state index contributed by atoms with van der Waals surface area (Å²) in [4.78, 5) is 2.25. The molecule has 0 amide bonds. The van der Waals surface area contributed by atoms with E-state index in [2.05, 4.69) is 23.0 Å². The number of rotatable bonds is 5. The fourth-order valence-corrected chi connectivity index (χ4v) is 3.22. The second kappa shape index (κ2) is 6.40. The predicted octanol–water partition coefficient (Wildman–Crippen LogP) is 2.01. The molecule has 0 saturated carbocycles. The number of fused-ring (bicyclic) bond motifs is 1. The van der Waals surface area contributed by atoms with Gasteiger partial charge in [-0.05, 0) is 43.0 Å². The number of aliphatic hydroxyl groups excluding tert-OH is 1. The highest BCUT2D eigenvalue weighted by molar-refractivity contribution is 5.67. The lowest BCUT2D eigenvalue weighted by molar-refractivity contribution is 0.154. The number of anilines is 1. The SMILES string of the molecule is COc1ccc(C)c2c1N(C[C@H](O)Cn1cccn1)CCC2. The van der Waals surface area contributed by atoms with Crippen molar-refractivity contribution in [3.63, 3.8) is 0 Å². The summed E-state index contributed by atoms with van der Waals surface area (Å²) in [7, 11) is 1.71. The molecule has 1 aromatic carbocycles. The fraction of sp³-hybridized carbons (Fsp3) is 0.471. The molecule has 3 rings (SSSR count). The van der Waals surface area contributed by atoms with E-state index in [9.17, 15) is 5.11 Å². The van der Waals surface area contributed by atoms with Crippen molar-refractivity contribution in [3.05, 3.63) is 41.7 Å². The Hall–Kier alpha value is -2.01. The van der Waals surface area contributed by atoms with Crippen LogP contribution in [0.3, 0.4) is 0 Å². The molecule has 1 aliphatic heterocycles. The van der Waals surface area contributed by atoms with Gasteiger partial charge in [0.1, 0.15) is 5.75 Å². The molecule has 1 aliphatic rings. The van der Waals surface area contributed by atoms with Crippen LogP contribution in [-0.4, -0.2) is 41.2 Å². The number of benzene rings is 1. The van der Waals surface area contributed by atoms with Crippen molar-refractivity contribution in [2.75, 3.05) is 25.1 Å². The van der Waals surface area contributed by atoms with Crippen molar-refractivity contribution in [2.24, 2.45) is 0 Å². The van der Waals surface area contributed by atoms with E-state index in [-0.39, 0.29) is 0 Å².